The molecule has 0 saturated heterocycles. The van der Waals surface area contributed by atoms with Gasteiger partial charge in [-0.1, -0.05) is 12.1 Å². The summed E-state index contributed by atoms with van der Waals surface area (Å²) >= 11 is 0. The molecule has 0 aliphatic carbocycles. The second-order valence-electron chi connectivity index (χ2n) is 1.68. The fourth-order valence-electron chi connectivity index (χ4n) is 0.587. The molecule has 1 N–H and O–H groups in total. The highest BCUT2D eigenvalue weighted by atomic mass is 16.3. The maximum atomic E-state index is 10.1. The van der Waals surface area contributed by atoms with Crippen LogP contribution in [0.1, 0.15) is 10.4 Å². The van der Waals surface area contributed by atoms with E-state index in [2.05, 4.69) is 0 Å². The Morgan fingerprint density at radius 2 is 1.90 bits per heavy atom. The maximum Gasteiger partial charge on any atom is 0.153 e. The van der Waals surface area contributed by atoms with Crippen molar-refractivity contribution in [3.8, 4) is 5.75 Å². The van der Waals surface area contributed by atoms with Crippen LogP contribution in [0.2, 0.25) is 0 Å². The van der Waals surface area contributed by atoms with Gasteiger partial charge in [-0.15, -0.1) is 0 Å². The number of phenolic OH excluding ortho intramolecular Hbond substituents is 1. The lowest BCUT2D eigenvalue weighted by atomic mass is 10.2. The highest BCUT2D eigenvalue weighted by Crippen LogP contribution is 2.11. The van der Waals surface area contributed by atoms with E-state index in [1.807, 2.05) is 0 Å². The van der Waals surface area contributed by atoms with Crippen LogP contribution in [0, 0.1) is 0 Å². The summed E-state index contributed by atoms with van der Waals surface area (Å²) < 4.78 is 0. The summed E-state index contributed by atoms with van der Waals surface area (Å²) in [5.74, 6) is 0.0347. The number of carbonyl (C=O) groups is 1. The van der Waals surface area contributed by atoms with Gasteiger partial charge in [0, 0.05) is 5.48 Å². The summed E-state index contributed by atoms with van der Waals surface area (Å²) in [6.07, 6.45) is 0.620. The molecular weight excluding hydrogens is 132 g/mol. The van der Waals surface area contributed by atoms with Crippen LogP contribution in [0.3, 0.4) is 0 Å². The summed E-state index contributed by atoms with van der Waals surface area (Å²) in [5, 5.41) is 8.88. The quantitative estimate of drug-likeness (QED) is 0.590. The van der Waals surface area contributed by atoms with Crippen LogP contribution in [0.4, 0.5) is 0 Å². The fourth-order valence-corrected chi connectivity index (χ4v) is 0.587. The molecule has 1 rings (SSSR count). The minimum Gasteiger partial charge on any atom is -0.507 e. The first kappa shape index (κ1) is 8.65. The largest absolute Gasteiger partial charge is 0.507 e. The average Bonchev–Trinajstić information content (AvgIpc) is 1.89. The molecule has 10 heavy (non-hydrogen) atoms. The van der Waals surface area contributed by atoms with Crippen molar-refractivity contribution in [1.29, 1.82) is 0 Å². The van der Waals surface area contributed by atoms with Crippen LogP contribution in [-0.4, -0.2) is 11.4 Å². The van der Waals surface area contributed by atoms with Crippen LogP contribution < -0.4 is 0 Å². The zero-order valence-electron chi connectivity index (χ0n) is 5.15. The molecule has 52 valence electrons. The Morgan fingerprint density at radius 1 is 1.30 bits per heavy atom. The molecule has 0 aliphatic heterocycles. The minimum atomic E-state index is 0. The summed E-state index contributed by atoms with van der Waals surface area (Å²) in [6, 6.07) is 6.40. The summed E-state index contributed by atoms with van der Waals surface area (Å²) in [7, 11) is 0. The average molecular weight is 138 g/mol. The number of hydrogen-bond acceptors (Lipinski definition) is 2. The van der Waals surface area contributed by atoms with Crippen LogP contribution in [0.25, 0.3) is 0 Å². The van der Waals surface area contributed by atoms with Gasteiger partial charge in [0.05, 0.1) is 5.56 Å². The highest BCUT2D eigenvalue weighted by Gasteiger charge is 1.93. The molecule has 3 heteroatoms. The van der Waals surface area contributed by atoms with Crippen LogP contribution in [0.5, 0.6) is 5.75 Å². The standard InChI is InChI=1S/C7H6O2.O/c8-5-6-3-1-2-4-7(6)9;/h1-5,9H;. The van der Waals surface area contributed by atoms with E-state index in [1.54, 1.807) is 18.2 Å². The van der Waals surface area contributed by atoms with E-state index in [4.69, 9.17) is 5.11 Å². The smallest absolute Gasteiger partial charge is 0.153 e. The normalized spacial score (nSPS) is 8.00. The molecule has 1 aromatic carbocycles. The van der Waals surface area contributed by atoms with Crippen molar-refractivity contribution in [2.45, 2.75) is 0 Å². The van der Waals surface area contributed by atoms with Crippen molar-refractivity contribution in [2.24, 2.45) is 0 Å². The predicted molar refractivity (Wildman–Crippen MR) is 34.2 cm³/mol. The molecule has 0 heterocycles. The Hall–Kier alpha value is -1.35. The topological polar surface area (TPSA) is 65.8 Å². The van der Waals surface area contributed by atoms with E-state index in [9.17, 15) is 4.79 Å². The van der Waals surface area contributed by atoms with Crippen LogP contribution in [-0.2, 0) is 5.48 Å². The SMILES string of the molecule is O=Cc1ccccc1O.[O]. The van der Waals surface area contributed by atoms with Crippen molar-refractivity contribution in [3.63, 3.8) is 0 Å². The molecule has 0 bridgehead atoms. The van der Waals surface area contributed by atoms with Gasteiger partial charge in [-0.3, -0.25) is 4.79 Å². The van der Waals surface area contributed by atoms with E-state index in [1.165, 1.54) is 6.07 Å². The Labute approximate surface area is 58.2 Å². The molecule has 1 aromatic rings. The zero-order chi connectivity index (χ0) is 6.69. The van der Waals surface area contributed by atoms with E-state index < -0.39 is 0 Å². The lowest BCUT2D eigenvalue weighted by molar-refractivity contribution is 0.112. The van der Waals surface area contributed by atoms with Crippen molar-refractivity contribution >= 4 is 6.29 Å². The molecule has 0 atom stereocenters. The van der Waals surface area contributed by atoms with E-state index >= 15 is 0 Å². The summed E-state index contributed by atoms with van der Waals surface area (Å²) in [5.41, 5.74) is 0.331. The number of benzene rings is 1. The molecule has 0 fully saturated rings. The van der Waals surface area contributed by atoms with Crippen LogP contribution in [0.15, 0.2) is 24.3 Å². The number of para-hydroxylation sites is 1. The Balaban J connectivity index is 0.000000810. The third kappa shape index (κ3) is 1.56. The Morgan fingerprint density at radius 3 is 2.30 bits per heavy atom. The van der Waals surface area contributed by atoms with Gasteiger partial charge in [-0.25, -0.2) is 0 Å². The predicted octanol–water partition coefficient (Wildman–Crippen LogP) is 1.09. The van der Waals surface area contributed by atoms with E-state index in [-0.39, 0.29) is 11.2 Å². The lowest BCUT2D eigenvalue weighted by Crippen LogP contribution is -1.77. The molecule has 0 amide bonds. The first-order chi connectivity index (χ1) is 4.34. The molecule has 0 saturated carbocycles. The van der Waals surface area contributed by atoms with Crippen molar-refractivity contribution in [1.82, 2.24) is 0 Å². The third-order valence-electron chi connectivity index (χ3n) is 1.06. The number of aldehydes is 1. The minimum absolute atomic E-state index is 0. The van der Waals surface area contributed by atoms with E-state index in [0.29, 0.717) is 11.8 Å². The van der Waals surface area contributed by atoms with Gasteiger partial charge in [0.1, 0.15) is 5.75 Å². The number of hydrogen-bond donors (Lipinski definition) is 1. The second kappa shape index (κ2) is 3.63. The number of phenols is 1. The highest BCUT2D eigenvalue weighted by molar-refractivity contribution is 5.78. The lowest BCUT2D eigenvalue weighted by Gasteiger charge is -1.91. The monoisotopic (exact) mass is 138 g/mol. The van der Waals surface area contributed by atoms with Crippen molar-refractivity contribution in [3.05, 3.63) is 29.8 Å². The van der Waals surface area contributed by atoms with Gasteiger partial charge in [-0.2, -0.15) is 0 Å². The Bertz CT molecular complexity index is 220. The Kier molecular flexibility index (Phi) is 3.14. The van der Waals surface area contributed by atoms with Gasteiger partial charge >= 0.3 is 0 Å². The molecule has 0 aliphatic rings. The first-order valence-electron chi connectivity index (χ1n) is 2.58. The second-order valence-corrected chi connectivity index (χ2v) is 1.68. The van der Waals surface area contributed by atoms with Gasteiger partial charge < -0.3 is 5.11 Å². The van der Waals surface area contributed by atoms with Gasteiger partial charge in [0.2, 0.25) is 0 Å². The first-order valence-corrected chi connectivity index (χ1v) is 2.58. The van der Waals surface area contributed by atoms with Crippen molar-refractivity contribution in [2.75, 3.05) is 0 Å². The molecule has 0 unspecified atom stereocenters. The van der Waals surface area contributed by atoms with Gasteiger partial charge in [0.15, 0.2) is 6.29 Å². The van der Waals surface area contributed by atoms with E-state index in [0.717, 1.165) is 0 Å². The van der Waals surface area contributed by atoms with Gasteiger partial charge in [0.25, 0.3) is 0 Å². The number of rotatable bonds is 1. The van der Waals surface area contributed by atoms with Crippen LogP contribution >= 0.6 is 0 Å². The molecule has 2 radical (unpaired) electrons. The van der Waals surface area contributed by atoms with Crippen molar-refractivity contribution < 1.29 is 15.4 Å². The molecule has 0 spiro atoms. The number of aromatic hydroxyl groups is 1. The summed E-state index contributed by atoms with van der Waals surface area (Å²) in [4.78, 5) is 10.1. The molecule has 3 nitrogen and oxygen atoms in total. The molecule has 0 aromatic heterocycles. The number of carbonyl (C=O) groups excluding carboxylic acids is 1. The summed E-state index contributed by atoms with van der Waals surface area (Å²) in [6.45, 7) is 0. The maximum absolute atomic E-state index is 10.1. The fraction of sp³-hybridized carbons (Fsp3) is 0. The third-order valence-corrected chi connectivity index (χ3v) is 1.06. The zero-order valence-corrected chi connectivity index (χ0v) is 5.15. The molecular formula is C7H6O3. The van der Waals surface area contributed by atoms with Gasteiger partial charge in [-0.05, 0) is 12.1 Å².